The van der Waals surface area contributed by atoms with Gasteiger partial charge in [0.15, 0.2) is 5.17 Å². The van der Waals surface area contributed by atoms with Gasteiger partial charge in [-0.2, -0.15) is 4.99 Å². The zero-order chi connectivity index (χ0) is 15.4. The summed E-state index contributed by atoms with van der Waals surface area (Å²) in [7, 11) is 0. The lowest BCUT2D eigenvalue weighted by atomic mass is 10.2. The number of nitro groups is 1. The summed E-state index contributed by atoms with van der Waals surface area (Å²) in [6.07, 6.45) is 0. The minimum absolute atomic E-state index is 0.103. The molecule has 1 aliphatic heterocycles. The molecule has 1 fully saturated rings. The smallest absolute Gasteiger partial charge is 0.336 e. The quantitative estimate of drug-likeness (QED) is 0.681. The van der Waals surface area contributed by atoms with Gasteiger partial charge in [0.2, 0.25) is 0 Å². The van der Waals surface area contributed by atoms with Crippen LogP contribution in [0, 0.1) is 10.1 Å². The van der Waals surface area contributed by atoms with Crippen molar-refractivity contribution in [3.05, 3.63) is 33.3 Å². The largest absolute Gasteiger partial charge is 0.343 e. The minimum Gasteiger partial charge on any atom is -0.336 e. The Hall–Kier alpha value is -1.80. The van der Waals surface area contributed by atoms with Crippen molar-refractivity contribution >= 4 is 45.9 Å². The van der Waals surface area contributed by atoms with Gasteiger partial charge >= 0.3 is 6.03 Å². The van der Waals surface area contributed by atoms with E-state index in [0.717, 1.165) is 0 Å². The number of nitro benzene ring substituents is 1. The first-order valence-electron chi connectivity index (χ1n) is 6.23. The first-order valence-corrected chi connectivity index (χ1v) is 7.60. The number of thioether (sulfide) groups is 1. The second-order valence-corrected chi connectivity index (χ2v) is 5.62. The van der Waals surface area contributed by atoms with Gasteiger partial charge in [0.25, 0.3) is 5.69 Å². The summed E-state index contributed by atoms with van der Waals surface area (Å²) in [4.78, 5) is 27.8. The van der Waals surface area contributed by atoms with Crippen molar-refractivity contribution in [3.8, 4) is 0 Å². The first kappa shape index (κ1) is 15.6. The number of nitrogens with one attached hydrogen (secondary N) is 1. The number of hydrogen-bond acceptors (Lipinski definition) is 4. The van der Waals surface area contributed by atoms with Crippen LogP contribution in [0.25, 0.3) is 0 Å². The summed E-state index contributed by atoms with van der Waals surface area (Å²) in [5, 5.41) is 14.5. The second kappa shape index (κ2) is 6.77. The van der Waals surface area contributed by atoms with Gasteiger partial charge in [-0.15, -0.1) is 0 Å². The van der Waals surface area contributed by atoms with Crippen LogP contribution in [-0.4, -0.2) is 35.0 Å². The number of aliphatic imine (C=N–C) groups is 1. The van der Waals surface area contributed by atoms with E-state index in [-0.39, 0.29) is 5.69 Å². The molecule has 7 nitrogen and oxygen atoms in total. The molecule has 1 aromatic rings. The Labute approximate surface area is 130 Å². The van der Waals surface area contributed by atoms with Crippen molar-refractivity contribution in [2.45, 2.75) is 6.92 Å². The van der Waals surface area contributed by atoms with E-state index < -0.39 is 11.0 Å². The average molecular weight is 329 g/mol. The van der Waals surface area contributed by atoms with Gasteiger partial charge in [0, 0.05) is 29.9 Å². The molecule has 0 atom stereocenters. The molecule has 2 rings (SSSR count). The van der Waals surface area contributed by atoms with Gasteiger partial charge in [-0.3, -0.25) is 10.1 Å². The summed E-state index contributed by atoms with van der Waals surface area (Å²) >= 11 is 7.19. The molecule has 1 saturated heterocycles. The maximum Gasteiger partial charge on any atom is 0.343 e. The third-order valence-electron chi connectivity index (χ3n) is 2.73. The van der Waals surface area contributed by atoms with E-state index in [0.29, 0.717) is 34.7 Å². The maximum atomic E-state index is 11.6. The Kier molecular flexibility index (Phi) is 5.03. The molecule has 1 aromatic carbocycles. The number of carbonyl (C=O) groups is 1. The summed E-state index contributed by atoms with van der Waals surface area (Å²) in [6.45, 7) is 2.81. The first-order chi connectivity index (χ1) is 10.0. The van der Waals surface area contributed by atoms with E-state index in [1.54, 1.807) is 24.0 Å². The van der Waals surface area contributed by atoms with Crippen molar-refractivity contribution in [2.24, 2.45) is 4.99 Å². The lowest BCUT2D eigenvalue weighted by Crippen LogP contribution is -2.28. The lowest BCUT2D eigenvalue weighted by molar-refractivity contribution is -0.384. The molecule has 1 heterocycles. The zero-order valence-electron chi connectivity index (χ0n) is 11.2. The molecular weight excluding hydrogens is 316 g/mol. The molecule has 21 heavy (non-hydrogen) atoms. The highest BCUT2D eigenvalue weighted by Crippen LogP contribution is 2.35. The Bertz CT molecular complexity index is 608. The molecule has 2 amide bonds. The molecule has 0 bridgehead atoms. The molecule has 1 aliphatic rings. The average Bonchev–Trinajstić information content (AvgIpc) is 2.86. The fourth-order valence-electron chi connectivity index (χ4n) is 1.87. The Morgan fingerprint density at radius 1 is 1.62 bits per heavy atom. The third kappa shape index (κ3) is 3.64. The normalized spacial score (nSPS) is 16.3. The van der Waals surface area contributed by atoms with Crippen molar-refractivity contribution in [1.82, 2.24) is 5.32 Å². The summed E-state index contributed by atoms with van der Waals surface area (Å²) in [5.74, 6) is 0.706. The van der Waals surface area contributed by atoms with E-state index in [1.165, 1.54) is 17.8 Å². The molecule has 9 heteroatoms. The number of benzene rings is 1. The van der Waals surface area contributed by atoms with E-state index in [2.05, 4.69) is 10.3 Å². The summed E-state index contributed by atoms with van der Waals surface area (Å²) in [5.41, 5.74) is 0.283. The van der Waals surface area contributed by atoms with Crippen LogP contribution in [0.1, 0.15) is 6.92 Å². The van der Waals surface area contributed by atoms with Crippen LogP contribution >= 0.6 is 23.4 Å². The van der Waals surface area contributed by atoms with Gasteiger partial charge in [0.1, 0.15) is 5.69 Å². The Morgan fingerprint density at radius 3 is 3.05 bits per heavy atom. The number of carbonyl (C=O) groups excluding carboxylic acids is 1. The van der Waals surface area contributed by atoms with Gasteiger partial charge in [0.05, 0.1) is 4.92 Å². The SMILES string of the molecule is CCNC(=O)N=C1SCCN1c1ccc(Cl)cc1[N+](=O)[O-]. The number of amides is 2. The number of hydrogen-bond donors (Lipinski definition) is 1. The van der Waals surface area contributed by atoms with Crippen LogP contribution < -0.4 is 10.2 Å². The van der Waals surface area contributed by atoms with Gasteiger partial charge in [-0.05, 0) is 19.1 Å². The van der Waals surface area contributed by atoms with Crippen LogP contribution in [0.15, 0.2) is 23.2 Å². The fourth-order valence-corrected chi connectivity index (χ4v) is 2.98. The number of halogens is 1. The van der Waals surface area contributed by atoms with Gasteiger partial charge in [-0.1, -0.05) is 23.4 Å². The molecule has 0 unspecified atom stereocenters. The molecule has 112 valence electrons. The van der Waals surface area contributed by atoms with Gasteiger partial charge in [-0.25, -0.2) is 4.79 Å². The highest BCUT2D eigenvalue weighted by atomic mass is 35.5. The van der Waals surface area contributed by atoms with Crippen molar-refractivity contribution in [3.63, 3.8) is 0 Å². The Morgan fingerprint density at radius 2 is 2.38 bits per heavy atom. The van der Waals surface area contributed by atoms with Crippen LogP contribution in [0.3, 0.4) is 0 Å². The molecule has 0 aliphatic carbocycles. The minimum atomic E-state index is -0.492. The second-order valence-electron chi connectivity index (χ2n) is 4.12. The van der Waals surface area contributed by atoms with Crippen molar-refractivity contribution in [2.75, 3.05) is 23.7 Å². The van der Waals surface area contributed by atoms with Crippen LogP contribution in [0.4, 0.5) is 16.2 Å². The summed E-state index contributed by atoms with van der Waals surface area (Å²) < 4.78 is 0. The van der Waals surface area contributed by atoms with E-state index in [9.17, 15) is 14.9 Å². The lowest BCUT2D eigenvalue weighted by Gasteiger charge is -2.17. The predicted molar refractivity (Wildman–Crippen MR) is 84.4 cm³/mol. The number of urea groups is 1. The van der Waals surface area contributed by atoms with Crippen LogP contribution in [0.2, 0.25) is 5.02 Å². The predicted octanol–water partition coefficient (Wildman–Crippen LogP) is 2.89. The topological polar surface area (TPSA) is 87.8 Å². The van der Waals surface area contributed by atoms with Gasteiger partial charge < -0.3 is 10.2 Å². The molecule has 0 saturated carbocycles. The number of rotatable bonds is 3. The van der Waals surface area contributed by atoms with Crippen molar-refractivity contribution < 1.29 is 9.72 Å². The standard InChI is InChI=1S/C12H13ClN4O3S/c1-2-14-11(18)15-12-16(5-6-21-12)9-4-3-8(13)7-10(9)17(19)20/h3-4,7H,2,5-6H2,1H3,(H,14,18). The highest BCUT2D eigenvalue weighted by Gasteiger charge is 2.28. The molecular formula is C12H13ClN4O3S. The van der Waals surface area contributed by atoms with E-state index in [4.69, 9.17) is 11.6 Å². The van der Waals surface area contributed by atoms with E-state index in [1.807, 2.05) is 0 Å². The molecule has 0 aromatic heterocycles. The third-order valence-corrected chi connectivity index (χ3v) is 3.92. The number of amidine groups is 1. The van der Waals surface area contributed by atoms with Crippen LogP contribution in [-0.2, 0) is 0 Å². The molecule has 0 spiro atoms. The molecule has 1 N–H and O–H groups in total. The Balaban J connectivity index is 2.36. The molecule has 0 radical (unpaired) electrons. The monoisotopic (exact) mass is 328 g/mol. The number of nitrogens with zero attached hydrogens (tertiary/aromatic N) is 3. The zero-order valence-corrected chi connectivity index (χ0v) is 12.8. The fraction of sp³-hybridized carbons (Fsp3) is 0.333. The number of anilines is 1. The maximum absolute atomic E-state index is 11.6. The van der Waals surface area contributed by atoms with Crippen LogP contribution in [0.5, 0.6) is 0 Å². The van der Waals surface area contributed by atoms with Crippen molar-refractivity contribution in [1.29, 1.82) is 0 Å². The highest BCUT2D eigenvalue weighted by molar-refractivity contribution is 8.14. The van der Waals surface area contributed by atoms with E-state index >= 15 is 0 Å². The summed E-state index contributed by atoms with van der Waals surface area (Å²) in [6, 6.07) is 3.99.